The summed E-state index contributed by atoms with van der Waals surface area (Å²) in [5.41, 5.74) is 0.102. The van der Waals surface area contributed by atoms with E-state index in [-0.39, 0.29) is 0 Å². The van der Waals surface area contributed by atoms with Crippen LogP contribution in [0.4, 0.5) is 0 Å². The maximum absolute atomic E-state index is 9.72. The third-order valence-electron chi connectivity index (χ3n) is 1.59. The molecule has 0 atom stereocenters. The van der Waals surface area contributed by atoms with Gasteiger partial charge in [0.2, 0.25) is 0 Å². The van der Waals surface area contributed by atoms with E-state index in [1.165, 1.54) is 0 Å². The lowest BCUT2D eigenvalue weighted by Gasteiger charge is -2.19. The van der Waals surface area contributed by atoms with Crippen LogP contribution in [-0.2, 0) is 5.60 Å². The van der Waals surface area contributed by atoms with Crippen LogP contribution in [0.15, 0.2) is 27.1 Å². The summed E-state index contributed by atoms with van der Waals surface area (Å²) in [5, 5.41) is 9.72. The van der Waals surface area contributed by atoms with E-state index in [0.29, 0.717) is 0 Å². The Balaban J connectivity index is 3.19. The first kappa shape index (κ1) is 10.2. The zero-order valence-corrected chi connectivity index (χ0v) is 10.1. The van der Waals surface area contributed by atoms with E-state index >= 15 is 0 Å². The van der Waals surface area contributed by atoms with Crippen molar-refractivity contribution in [2.24, 2.45) is 0 Å². The second kappa shape index (κ2) is 3.48. The van der Waals surface area contributed by atoms with Crippen LogP contribution in [0.3, 0.4) is 0 Å². The Kier molecular flexibility index (Phi) is 2.97. The van der Waals surface area contributed by atoms with Gasteiger partial charge in [-0.3, -0.25) is 0 Å². The zero-order valence-electron chi connectivity index (χ0n) is 6.94. The molecule has 0 aliphatic heterocycles. The summed E-state index contributed by atoms with van der Waals surface area (Å²) in [6.45, 7) is 3.53. The number of hydrogen-bond acceptors (Lipinski definition) is 1. The summed E-state index contributed by atoms with van der Waals surface area (Å²) in [6.07, 6.45) is 0. The molecule has 1 N–H and O–H groups in total. The molecule has 0 amide bonds. The van der Waals surface area contributed by atoms with Crippen molar-refractivity contribution in [1.82, 2.24) is 0 Å². The number of benzene rings is 1. The fraction of sp³-hybridized carbons (Fsp3) is 0.333. The van der Waals surface area contributed by atoms with Crippen LogP contribution in [0.25, 0.3) is 0 Å². The number of hydrogen-bond donors (Lipinski definition) is 1. The summed E-state index contributed by atoms with van der Waals surface area (Å²) < 4.78 is 1.92. The fourth-order valence-electron chi connectivity index (χ4n) is 0.986. The molecule has 0 heterocycles. The normalized spacial score (nSPS) is 11.8. The van der Waals surface area contributed by atoms with Crippen LogP contribution in [0.2, 0.25) is 0 Å². The zero-order chi connectivity index (χ0) is 9.35. The molecule has 0 radical (unpaired) electrons. The largest absolute Gasteiger partial charge is 0.386 e. The van der Waals surface area contributed by atoms with Gasteiger partial charge in [0.05, 0.1) is 5.60 Å². The molecule has 0 fully saturated rings. The van der Waals surface area contributed by atoms with Crippen LogP contribution in [-0.4, -0.2) is 5.11 Å². The molecule has 1 aromatic rings. The third kappa shape index (κ3) is 2.31. The molecule has 12 heavy (non-hydrogen) atoms. The van der Waals surface area contributed by atoms with Crippen molar-refractivity contribution in [1.29, 1.82) is 0 Å². The van der Waals surface area contributed by atoms with E-state index in [1.807, 2.05) is 18.2 Å². The van der Waals surface area contributed by atoms with Gasteiger partial charge in [0, 0.05) is 8.95 Å². The summed E-state index contributed by atoms with van der Waals surface area (Å²) in [7, 11) is 0. The van der Waals surface area contributed by atoms with Crippen LogP contribution >= 0.6 is 31.9 Å². The van der Waals surface area contributed by atoms with E-state index in [4.69, 9.17) is 0 Å². The van der Waals surface area contributed by atoms with E-state index in [2.05, 4.69) is 31.9 Å². The lowest BCUT2D eigenvalue weighted by atomic mass is 9.99. The highest BCUT2D eigenvalue weighted by Gasteiger charge is 2.18. The second-order valence-corrected chi connectivity index (χ2v) is 4.95. The first-order valence-corrected chi connectivity index (χ1v) is 5.18. The lowest BCUT2D eigenvalue weighted by molar-refractivity contribution is 0.0778. The minimum Gasteiger partial charge on any atom is -0.386 e. The van der Waals surface area contributed by atoms with Crippen LogP contribution in [0, 0.1) is 0 Å². The molecule has 0 aliphatic rings. The summed E-state index contributed by atoms with van der Waals surface area (Å²) in [5.74, 6) is 0. The first-order valence-electron chi connectivity index (χ1n) is 3.59. The van der Waals surface area contributed by atoms with Crippen molar-refractivity contribution in [3.8, 4) is 0 Å². The standard InChI is InChI=1S/C9H10Br2O/c1-9(2,12)7-4-3-6(10)5-8(7)11/h3-5,12H,1-2H3. The van der Waals surface area contributed by atoms with Gasteiger partial charge >= 0.3 is 0 Å². The monoisotopic (exact) mass is 292 g/mol. The minimum absolute atomic E-state index is 0.792. The van der Waals surface area contributed by atoms with Gasteiger partial charge in [0.25, 0.3) is 0 Å². The average molecular weight is 294 g/mol. The van der Waals surface area contributed by atoms with E-state index in [0.717, 1.165) is 14.5 Å². The SMILES string of the molecule is CC(C)(O)c1ccc(Br)cc1Br. The van der Waals surface area contributed by atoms with Crippen molar-refractivity contribution in [3.05, 3.63) is 32.7 Å². The molecule has 1 aromatic carbocycles. The first-order chi connectivity index (χ1) is 5.41. The highest BCUT2D eigenvalue weighted by molar-refractivity contribution is 9.11. The smallest absolute Gasteiger partial charge is 0.0851 e. The summed E-state index contributed by atoms with van der Waals surface area (Å²) in [6, 6.07) is 5.74. The average Bonchev–Trinajstić information content (AvgIpc) is 1.83. The Labute approximate surface area is 89.1 Å². The highest BCUT2D eigenvalue weighted by atomic mass is 79.9. The van der Waals surface area contributed by atoms with Crippen LogP contribution in [0.5, 0.6) is 0 Å². The number of halogens is 2. The predicted molar refractivity (Wildman–Crippen MR) is 57.1 cm³/mol. The van der Waals surface area contributed by atoms with Crippen LogP contribution in [0.1, 0.15) is 19.4 Å². The molecule has 0 aromatic heterocycles. The van der Waals surface area contributed by atoms with Crippen molar-refractivity contribution in [2.45, 2.75) is 19.4 Å². The van der Waals surface area contributed by atoms with Gasteiger partial charge in [-0.1, -0.05) is 37.9 Å². The van der Waals surface area contributed by atoms with Gasteiger partial charge in [-0.05, 0) is 31.5 Å². The maximum atomic E-state index is 9.72. The molecule has 0 aliphatic carbocycles. The second-order valence-electron chi connectivity index (χ2n) is 3.18. The molecular weight excluding hydrogens is 284 g/mol. The molecule has 3 heteroatoms. The molecule has 66 valence electrons. The Morgan fingerprint density at radius 1 is 1.25 bits per heavy atom. The molecule has 0 unspecified atom stereocenters. The van der Waals surface area contributed by atoms with Gasteiger partial charge < -0.3 is 5.11 Å². The molecule has 0 spiro atoms. The van der Waals surface area contributed by atoms with E-state index < -0.39 is 5.60 Å². The predicted octanol–water partition coefficient (Wildman–Crippen LogP) is 3.44. The molecule has 1 nitrogen and oxygen atoms in total. The quantitative estimate of drug-likeness (QED) is 0.841. The Morgan fingerprint density at radius 3 is 2.25 bits per heavy atom. The van der Waals surface area contributed by atoms with E-state index in [1.54, 1.807) is 13.8 Å². The molecular formula is C9H10Br2O. The van der Waals surface area contributed by atoms with Crippen LogP contribution < -0.4 is 0 Å². The molecule has 0 saturated carbocycles. The third-order valence-corrected chi connectivity index (χ3v) is 2.74. The van der Waals surface area contributed by atoms with Gasteiger partial charge in [-0.25, -0.2) is 0 Å². The van der Waals surface area contributed by atoms with Gasteiger partial charge in [-0.2, -0.15) is 0 Å². The number of rotatable bonds is 1. The van der Waals surface area contributed by atoms with Gasteiger partial charge in [-0.15, -0.1) is 0 Å². The van der Waals surface area contributed by atoms with Gasteiger partial charge in [0.15, 0.2) is 0 Å². The van der Waals surface area contributed by atoms with E-state index in [9.17, 15) is 5.11 Å². The summed E-state index contributed by atoms with van der Waals surface area (Å²) >= 11 is 6.74. The minimum atomic E-state index is -0.792. The highest BCUT2D eigenvalue weighted by Crippen LogP contribution is 2.29. The Bertz CT molecular complexity index is 289. The van der Waals surface area contributed by atoms with Crippen molar-refractivity contribution in [3.63, 3.8) is 0 Å². The van der Waals surface area contributed by atoms with Crippen molar-refractivity contribution >= 4 is 31.9 Å². The Morgan fingerprint density at radius 2 is 1.83 bits per heavy atom. The molecule has 0 bridgehead atoms. The number of aliphatic hydroxyl groups is 1. The molecule has 0 saturated heterocycles. The van der Waals surface area contributed by atoms with Crippen molar-refractivity contribution in [2.75, 3.05) is 0 Å². The van der Waals surface area contributed by atoms with Crippen molar-refractivity contribution < 1.29 is 5.11 Å². The maximum Gasteiger partial charge on any atom is 0.0851 e. The topological polar surface area (TPSA) is 20.2 Å². The lowest BCUT2D eigenvalue weighted by Crippen LogP contribution is -2.15. The Hall–Kier alpha value is 0.140. The molecule has 1 rings (SSSR count). The fourth-order valence-corrected chi connectivity index (χ4v) is 2.52. The summed E-state index contributed by atoms with van der Waals surface area (Å²) in [4.78, 5) is 0. The van der Waals surface area contributed by atoms with Gasteiger partial charge in [0.1, 0.15) is 0 Å².